The smallest absolute Gasteiger partial charge is 0.231 e. The van der Waals surface area contributed by atoms with E-state index in [0.29, 0.717) is 24.4 Å². The van der Waals surface area contributed by atoms with Crippen molar-refractivity contribution in [2.45, 2.75) is 96.6 Å². The Kier molecular flexibility index (Phi) is 7.40. The second-order valence-corrected chi connectivity index (χ2v) is 13.6. The van der Waals surface area contributed by atoms with Crippen molar-refractivity contribution in [3.05, 3.63) is 53.1 Å². The highest BCUT2D eigenvalue weighted by atomic mass is 16.5. The van der Waals surface area contributed by atoms with Crippen LogP contribution in [0.1, 0.15) is 105 Å². The Morgan fingerprint density at radius 2 is 1.72 bits per heavy atom. The average molecular weight is 582 g/mol. The van der Waals surface area contributed by atoms with E-state index in [1.54, 1.807) is 14.0 Å². The Hall–Kier alpha value is -3.12. The molecule has 6 nitrogen and oxygen atoms in total. The highest BCUT2D eigenvalue weighted by molar-refractivity contribution is 6.01. The third kappa shape index (κ3) is 4.63. The number of fused-ring (bicyclic) bond motifs is 7. The van der Waals surface area contributed by atoms with Crippen LogP contribution in [-0.4, -0.2) is 65.4 Å². The largest absolute Gasteiger partial charge is 0.497 e. The monoisotopic (exact) mass is 581 g/mol. The van der Waals surface area contributed by atoms with Crippen LogP contribution in [-0.2, 0) is 11.3 Å². The first kappa shape index (κ1) is 28.6. The Morgan fingerprint density at radius 3 is 2.40 bits per heavy atom. The van der Waals surface area contributed by atoms with Gasteiger partial charge in [-0.2, -0.15) is 0 Å². The Balaban J connectivity index is 1.36. The molecule has 2 unspecified atom stereocenters. The molecule has 2 aliphatic heterocycles. The van der Waals surface area contributed by atoms with Crippen LogP contribution in [0.4, 0.5) is 0 Å². The van der Waals surface area contributed by atoms with Crippen molar-refractivity contribution >= 4 is 22.6 Å². The van der Waals surface area contributed by atoms with E-state index in [1.807, 2.05) is 6.07 Å². The third-order valence-electron chi connectivity index (χ3n) is 11.4. The number of ketones is 1. The first-order chi connectivity index (χ1) is 20.9. The highest BCUT2D eigenvalue weighted by Gasteiger charge is 2.64. The molecule has 3 aromatic rings. The molecule has 0 radical (unpaired) electrons. The van der Waals surface area contributed by atoms with Crippen molar-refractivity contribution in [1.82, 2.24) is 14.4 Å². The minimum Gasteiger partial charge on any atom is -0.497 e. The highest BCUT2D eigenvalue weighted by Crippen LogP contribution is 2.66. The Labute approximate surface area is 256 Å². The first-order valence-corrected chi connectivity index (χ1v) is 16.8. The summed E-state index contributed by atoms with van der Waals surface area (Å²) < 4.78 is 8.20. The van der Waals surface area contributed by atoms with Gasteiger partial charge < -0.3 is 14.2 Å². The number of aromatic nitrogens is 1. The number of ether oxygens (including phenoxy) is 1. The van der Waals surface area contributed by atoms with E-state index in [1.165, 1.54) is 59.9 Å². The summed E-state index contributed by atoms with van der Waals surface area (Å²) in [7, 11) is 1.73. The number of Topliss-reactive ketones (excluding diaryl/α,β-unsaturated/α-hetero) is 1. The van der Waals surface area contributed by atoms with E-state index >= 15 is 0 Å². The van der Waals surface area contributed by atoms with E-state index in [2.05, 4.69) is 58.5 Å². The van der Waals surface area contributed by atoms with Crippen LogP contribution in [0.2, 0.25) is 0 Å². The summed E-state index contributed by atoms with van der Waals surface area (Å²) in [6.45, 7) is 10.4. The van der Waals surface area contributed by atoms with Gasteiger partial charge >= 0.3 is 0 Å². The lowest BCUT2D eigenvalue weighted by atomic mass is 9.81. The molecule has 3 heterocycles. The molecule has 6 heteroatoms. The van der Waals surface area contributed by atoms with Gasteiger partial charge in [0.05, 0.1) is 18.2 Å². The number of nitrogens with zero attached hydrogens (tertiary/aromatic N) is 3. The molecule has 0 spiro atoms. The van der Waals surface area contributed by atoms with E-state index in [9.17, 15) is 9.59 Å². The summed E-state index contributed by atoms with van der Waals surface area (Å²) >= 11 is 0. The molecule has 4 aliphatic rings. The normalized spacial score (nSPS) is 23.9. The number of methoxy groups -OCH3 is 1. The van der Waals surface area contributed by atoms with Gasteiger partial charge in [-0.05, 0) is 80.3 Å². The van der Waals surface area contributed by atoms with Crippen molar-refractivity contribution < 1.29 is 14.3 Å². The summed E-state index contributed by atoms with van der Waals surface area (Å²) in [6, 6.07) is 13.4. The van der Waals surface area contributed by atoms with Crippen LogP contribution in [0.15, 0.2) is 36.4 Å². The van der Waals surface area contributed by atoms with E-state index in [4.69, 9.17) is 4.74 Å². The van der Waals surface area contributed by atoms with Crippen LogP contribution in [0.3, 0.4) is 0 Å². The van der Waals surface area contributed by atoms with E-state index in [-0.39, 0.29) is 11.7 Å². The predicted octanol–water partition coefficient (Wildman–Crippen LogP) is 7.39. The molecule has 2 saturated carbocycles. The minimum absolute atomic E-state index is 0.0841. The molecule has 43 heavy (non-hydrogen) atoms. The molecule has 1 amide bonds. The number of hydrogen-bond acceptors (Lipinski definition) is 4. The number of benzene rings is 2. The van der Waals surface area contributed by atoms with Gasteiger partial charge in [-0.15, -0.1) is 0 Å². The summed E-state index contributed by atoms with van der Waals surface area (Å²) in [6.07, 6.45) is 9.38. The number of carbonyl (C=O) groups is 2. The fourth-order valence-corrected chi connectivity index (χ4v) is 8.91. The number of hydrogen-bond donors (Lipinski definition) is 0. The SMILES string of the molecule is CCC(CC)N1CCN(C(=O)C23CC2c2cc(OC)ccc2-c2c(C4CCCCC4)c4ccc(C(C)=O)cc4n2C3)CC1. The molecule has 3 fully saturated rings. The van der Waals surface area contributed by atoms with Crippen LogP contribution in [0.25, 0.3) is 22.2 Å². The molecular weight excluding hydrogens is 534 g/mol. The predicted molar refractivity (Wildman–Crippen MR) is 172 cm³/mol. The van der Waals surface area contributed by atoms with Gasteiger partial charge in [0, 0.05) is 66.7 Å². The van der Waals surface area contributed by atoms with Gasteiger partial charge in [-0.3, -0.25) is 14.5 Å². The molecule has 2 atom stereocenters. The quantitative estimate of drug-likeness (QED) is 0.273. The van der Waals surface area contributed by atoms with Gasteiger partial charge in [0.25, 0.3) is 0 Å². The van der Waals surface area contributed by atoms with E-state index < -0.39 is 5.41 Å². The number of rotatable bonds is 7. The zero-order chi connectivity index (χ0) is 29.9. The summed E-state index contributed by atoms with van der Waals surface area (Å²) in [5, 5.41) is 1.26. The zero-order valence-corrected chi connectivity index (χ0v) is 26.5. The molecule has 228 valence electrons. The van der Waals surface area contributed by atoms with Crippen LogP contribution in [0.5, 0.6) is 5.75 Å². The van der Waals surface area contributed by atoms with E-state index in [0.717, 1.165) is 62.3 Å². The number of carbonyl (C=O) groups excluding carboxylic acids is 2. The molecule has 0 bridgehead atoms. The number of piperazine rings is 1. The summed E-state index contributed by atoms with van der Waals surface area (Å²) in [5.41, 5.74) is 6.60. The minimum atomic E-state index is -0.467. The van der Waals surface area contributed by atoms with Gasteiger partial charge in [-0.1, -0.05) is 45.2 Å². The maximum atomic E-state index is 14.7. The standard InChI is InChI=1S/C37H47N3O3/c1-5-27(6-2)38-16-18-39(19-17-38)36(42)37-22-32(37)31-21-28(43-4)13-15-29(31)35-34(25-10-8-7-9-11-25)30-14-12-26(24(3)41)20-33(30)40(35)23-37/h12-15,20-21,25,27,32H,5-11,16-19,22-23H2,1-4H3. The maximum Gasteiger partial charge on any atom is 0.231 e. The Bertz CT molecular complexity index is 1550. The second-order valence-electron chi connectivity index (χ2n) is 13.6. The lowest BCUT2D eigenvalue weighted by Gasteiger charge is -2.40. The fourth-order valence-electron chi connectivity index (χ4n) is 8.91. The summed E-state index contributed by atoms with van der Waals surface area (Å²) in [5.74, 6) is 1.92. The lowest BCUT2D eigenvalue weighted by Crippen LogP contribution is -2.53. The van der Waals surface area contributed by atoms with Crippen molar-refractivity contribution in [3.8, 4) is 17.0 Å². The number of amides is 1. The lowest BCUT2D eigenvalue weighted by molar-refractivity contribution is -0.140. The topological polar surface area (TPSA) is 54.8 Å². The molecular formula is C37H47N3O3. The first-order valence-electron chi connectivity index (χ1n) is 16.8. The van der Waals surface area contributed by atoms with Crippen molar-refractivity contribution in [3.63, 3.8) is 0 Å². The molecule has 1 aromatic heterocycles. The molecule has 1 saturated heterocycles. The maximum absolute atomic E-state index is 14.7. The van der Waals surface area contributed by atoms with Crippen molar-refractivity contribution in [2.75, 3.05) is 33.3 Å². The van der Waals surface area contributed by atoms with Crippen molar-refractivity contribution in [2.24, 2.45) is 5.41 Å². The van der Waals surface area contributed by atoms with Crippen LogP contribution < -0.4 is 4.74 Å². The fraction of sp³-hybridized carbons (Fsp3) is 0.568. The van der Waals surface area contributed by atoms with Gasteiger partial charge in [0.15, 0.2) is 5.78 Å². The molecule has 2 aromatic carbocycles. The van der Waals surface area contributed by atoms with Gasteiger partial charge in [0.1, 0.15) is 5.75 Å². The molecule has 0 N–H and O–H groups in total. The van der Waals surface area contributed by atoms with Crippen LogP contribution >= 0.6 is 0 Å². The Morgan fingerprint density at radius 1 is 0.977 bits per heavy atom. The summed E-state index contributed by atoms with van der Waals surface area (Å²) in [4.78, 5) is 32.0. The molecule has 7 rings (SSSR count). The van der Waals surface area contributed by atoms with Gasteiger partial charge in [0.2, 0.25) is 5.91 Å². The molecule has 2 aliphatic carbocycles. The zero-order valence-electron chi connectivity index (χ0n) is 26.5. The van der Waals surface area contributed by atoms with Crippen molar-refractivity contribution in [1.29, 1.82) is 0 Å². The van der Waals surface area contributed by atoms with Gasteiger partial charge in [-0.25, -0.2) is 0 Å². The third-order valence-corrected chi connectivity index (χ3v) is 11.4. The van der Waals surface area contributed by atoms with Crippen LogP contribution in [0, 0.1) is 5.41 Å². The second kappa shape index (κ2) is 11.1. The average Bonchev–Trinajstić information content (AvgIpc) is 3.71.